The molecule has 0 bridgehead atoms. The number of imide groups is 2. The molecule has 3 aliphatic carbocycles. The molecule has 7 nitrogen and oxygen atoms in total. The van der Waals surface area contributed by atoms with Gasteiger partial charge in [-0.1, -0.05) is 72.8 Å². The standard InChI is InChI=1S/C37H34ClFN2O5/c1-37-27(34(44)41(36(37)46)20-11-15-29(39)28(38)17-20)18-26-24(32(37)23-14-16-30(42)22-10-6-5-9-21(22)23)12-13-25-31(26)35(45)40(33(25)43)19-7-3-2-4-8-19/h5-6,9-12,14-17,19,25-27,31-32,42H,2-4,7-8,13,18H2,1H3/t25-,26+,27-,31-,32-,37+/m0/s1. The number of phenolic OH excluding ortho intramolecular Hbond substituents is 1. The highest BCUT2D eigenvalue weighted by Gasteiger charge is 2.68. The minimum atomic E-state index is -1.26. The van der Waals surface area contributed by atoms with Crippen LogP contribution in [0.15, 0.2) is 66.2 Å². The summed E-state index contributed by atoms with van der Waals surface area (Å²) in [6.07, 6.45) is 7.37. The highest BCUT2D eigenvalue weighted by molar-refractivity contribution is 6.31. The smallest absolute Gasteiger partial charge is 0.241 e. The Bertz CT molecular complexity index is 1880. The lowest BCUT2D eigenvalue weighted by atomic mass is 9.51. The lowest BCUT2D eigenvalue weighted by molar-refractivity contribution is -0.144. The molecule has 3 aromatic rings. The quantitative estimate of drug-likeness (QED) is 0.248. The van der Waals surface area contributed by atoms with Crippen molar-refractivity contribution >= 4 is 51.7 Å². The molecule has 0 unspecified atom stereocenters. The molecule has 0 spiro atoms. The number of nitrogens with zero attached hydrogens (tertiary/aromatic N) is 2. The molecular weight excluding hydrogens is 607 g/mol. The third-order valence-electron chi connectivity index (χ3n) is 11.7. The number of hydrogen-bond donors (Lipinski definition) is 1. The number of benzene rings is 3. The van der Waals surface area contributed by atoms with Crippen LogP contribution in [-0.4, -0.2) is 39.7 Å². The Kier molecular flexibility index (Phi) is 6.70. The lowest BCUT2D eigenvalue weighted by Gasteiger charge is -2.49. The van der Waals surface area contributed by atoms with Crippen molar-refractivity contribution < 1.29 is 28.7 Å². The van der Waals surface area contributed by atoms with E-state index in [1.165, 1.54) is 12.1 Å². The number of phenols is 1. The molecule has 2 saturated carbocycles. The molecule has 1 N–H and O–H groups in total. The molecule has 6 atom stereocenters. The number of rotatable bonds is 3. The number of amides is 4. The van der Waals surface area contributed by atoms with E-state index >= 15 is 0 Å². The van der Waals surface area contributed by atoms with Gasteiger partial charge in [-0.25, -0.2) is 9.29 Å². The van der Waals surface area contributed by atoms with E-state index in [-0.39, 0.29) is 40.7 Å². The summed E-state index contributed by atoms with van der Waals surface area (Å²) in [7, 11) is 0. The molecule has 0 radical (unpaired) electrons. The monoisotopic (exact) mass is 640 g/mol. The first-order chi connectivity index (χ1) is 22.1. The first-order valence-electron chi connectivity index (χ1n) is 16.2. The molecular formula is C37H34ClFN2O5. The second kappa shape index (κ2) is 10.5. The van der Waals surface area contributed by atoms with Crippen LogP contribution in [-0.2, 0) is 19.2 Å². The Morgan fingerprint density at radius 2 is 1.63 bits per heavy atom. The van der Waals surface area contributed by atoms with Crippen LogP contribution in [0.4, 0.5) is 10.1 Å². The third-order valence-corrected chi connectivity index (χ3v) is 11.9. The van der Waals surface area contributed by atoms with E-state index < -0.39 is 52.6 Å². The van der Waals surface area contributed by atoms with E-state index in [1.807, 2.05) is 43.3 Å². The summed E-state index contributed by atoms with van der Waals surface area (Å²) in [6, 6.07) is 14.6. The minimum Gasteiger partial charge on any atom is -0.507 e. The zero-order valence-electron chi connectivity index (χ0n) is 25.4. The Morgan fingerprint density at radius 3 is 2.37 bits per heavy atom. The Labute approximate surface area is 271 Å². The van der Waals surface area contributed by atoms with Crippen LogP contribution in [0.1, 0.15) is 63.4 Å². The average Bonchev–Trinajstić information content (AvgIpc) is 3.43. The zero-order chi connectivity index (χ0) is 32.1. The first kappa shape index (κ1) is 29.4. The fraction of sp³-hybridized carbons (Fsp3) is 0.405. The van der Waals surface area contributed by atoms with Gasteiger partial charge in [0.15, 0.2) is 0 Å². The van der Waals surface area contributed by atoms with Gasteiger partial charge in [0.05, 0.1) is 33.9 Å². The van der Waals surface area contributed by atoms with E-state index in [9.17, 15) is 28.7 Å². The van der Waals surface area contributed by atoms with Gasteiger partial charge in [-0.05, 0) is 73.7 Å². The van der Waals surface area contributed by atoms with Crippen LogP contribution in [0.25, 0.3) is 10.8 Å². The van der Waals surface area contributed by atoms with Crippen LogP contribution in [0, 0.1) is 34.9 Å². The number of allylic oxidation sites excluding steroid dienone is 2. The van der Waals surface area contributed by atoms with Crippen LogP contribution >= 0.6 is 11.6 Å². The van der Waals surface area contributed by atoms with E-state index in [0.29, 0.717) is 11.8 Å². The van der Waals surface area contributed by atoms with Gasteiger partial charge in [-0.2, -0.15) is 0 Å². The van der Waals surface area contributed by atoms with Crippen molar-refractivity contribution in [3.05, 3.63) is 82.6 Å². The fourth-order valence-corrected chi connectivity index (χ4v) is 9.69. The van der Waals surface area contributed by atoms with Crippen molar-refractivity contribution in [3.63, 3.8) is 0 Å². The number of carbonyl (C=O) groups is 4. The molecule has 3 aromatic carbocycles. The van der Waals surface area contributed by atoms with Gasteiger partial charge in [0.1, 0.15) is 11.6 Å². The summed E-state index contributed by atoms with van der Waals surface area (Å²) >= 11 is 6.12. The Morgan fingerprint density at radius 1 is 0.891 bits per heavy atom. The van der Waals surface area contributed by atoms with Gasteiger partial charge in [0.25, 0.3) is 0 Å². The highest BCUT2D eigenvalue weighted by atomic mass is 35.5. The predicted molar refractivity (Wildman–Crippen MR) is 170 cm³/mol. The second-order valence-electron chi connectivity index (χ2n) is 13.8. The van der Waals surface area contributed by atoms with Crippen molar-refractivity contribution in [2.24, 2.45) is 29.1 Å². The van der Waals surface area contributed by atoms with Crippen molar-refractivity contribution in [1.29, 1.82) is 0 Å². The highest BCUT2D eigenvalue weighted by Crippen LogP contribution is 2.64. The van der Waals surface area contributed by atoms with E-state index in [4.69, 9.17) is 11.6 Å². The summed E-state index contributed by atoms with van der Waals surface area (Å²) < 4.78 is 14.2. The van der Waals surface area contributed by atoms with Gasteiger partial charge < -0.3 is 5.11 Å². The van der Waals surface area contributed by atoms with Gasteiger partial charge in [0.2, 0.25) is 23.6 Å². The van der Waals surface area contributed by atoms with E-state index in [2.05, 4.69) is 0 Å². The Balaban J connectivity index is 1.30. The number of hydrogen-bond acceptors (Lipinski definition) is 5. The summed E-state index contributed by atoms with van der Waals surface area (Å²) in [5, 5.41) is 11.9. The summed E-state index contributed by atoms with van der Waals surface area (Å²) in [4.78, 5) is 60.0. The molecule has 46 heavy (non-hydrogen) atoms. The molecule has 2 aliphatic heterocycles. The molecule has 4 fully saturated rings. The Hall–Kier alpha value is -4.04. The van der Waals surface area contributed by atoms with E-state index in [0.717, 1.165) is 59.6 Å². The van der Waals surface area contributed by atoms with Gasteiger partial charge in [0, 0.05) is 17.3 Å². The molecule has 4 amide bonds. The SMILES string of the molecule is C[C@@]12C(=O)N(c3ccc(F)c(Cl)c3)C(=O)[C@@H]1C[C@@H]1C(=CC[C@@H]3C(=O)N(C4CCCCC4)C(=O)[C@@H]31)[C@@H]2c1ccc(O)c2ccccc12. The molecule has 9 heteroatoms. The number of fused-ring (bicyclic) bond motifs is 5. The second-order valence-corrected chi connectivity index (χ2v) is 14.2. The minimum absolute atomic E-state index is 0.0955. The number of halogens is 2. The first-order valence-corrected chi connectivity index (χ1v) is 16.6. The summed E-state index contributed by atoms with van der Waals surface area (Å²) in [5.74, 6) is -4.64. The van der Waals surface area contributed by atoms with Gasteiger partial charge in [-0.3, -0.25) is 24.1 Å². The fourth-order valence-electron chi connectivity index (χ4n) is 9.51. The maximum absolute atomic E-state index is 14.7. The normalized spacial score (nSPS) is 31.3. The predicted octanol–water partition coefficient (Wildman–Crippen LogP) is 6.90. The average molecular weight is 641 g/mol. The summed E-state index contributed by atoms with van der Waals surface area (Å²) in [6.45, 7) is 1.81. The van der Waals surface area contributed by atoms with Crippen LogP contribution < -0.4 is 4.90 Å². The maximum Gasteiger partial charge on any atom is 0.241 e. The largest absolute Gasteiger partial charge is 0.507 e. The maximum atomic E-state index is 14.7. The third kappa shape index (κ3) is 3.95. The molecule has 236 valence electrons. The van der Waals surface area contributed by atoms with Gasteiger partial charge >= 0.3 is 0 Å². The molecule has 2 saturated heterocycles. The molecule has 2 heterocycles. The molecule has 8 rings (SSSR count). The van der Waals surface area contributed by atoms with Gasteiger partial charge in [-0.15, -0.1) is 0 Å². The van der Waals surface area contributed by atoms with Crippen molar-refractivity contribution in [3.8, 4) is 5.75 Å². The number of carbonyl (C=O) groups excluding carboxylic acids is 4. The lowest BCUT2D eigenvalue weighted by Crippen LogP contribution is -2.49. The molecule has 0 aromatic heterocycles. The van der Waals surface area contributed by atoms with Crippen LogP contribution in [0.2, 0.25) is 5.02 Å². The van der Waals surface area contributed by atoms with Crippen LogP contribution in [0.3, 0.4) is 0 Å². The van der Waals surface area contributed by atoms with Crippen molar-refractivity contribution in [1.82, 2.24) is 4.90 Å². The van der Waals surface area contributed by atoms with Crippen molar-refractivity contribution in [2.45, 2.75) is 63.8 Å². The number of anilines is 1. The van der Waals surface area contributed by atoms with Crippen molar-refractivity contribution in [2.75, 3.05) is 4.90 Å². The number of aromatic hydroxyl groups is 1. The van der Waals surface area contributed by atoms with Crippen LogP contribution in [0.5, 0.6) is 5.75 Å². The summed E-state index contributed by atoms with van der Waals surface area (Å²) in [5.41, 5.74) is 0.595. The van der Waals surface area contributed by atoms with E-state index in [1.54, 1.807) is 11.0 Å². The topological polar surface area (TPSA) is 95.0 Å². The zero-order valence-corrected chi connectivity index (χ0v) is 26.2. The molecule has 5 aliphatic rings. The number of likely N-dealkylation sites (tertiary alicyclic amines) is 1.